The van der Waals surface area contributed by atoms with Gasteiger partial charge in [0, 0.05) is 24.7 Å². The molecule has 1 saturated heterocycles. The Labute approximate surface area is 182 Å². The van der Waals surface area contributed by atoms with Gasteiger partial charge in [0.15, 0.2) is 6.61 Å². The fourth-order valence-electron chi connectivity index (χ4n) is 3.68. The van der Waals surface area contributed by atoms with Gasteiger partial charge in [0.25, 0.3) is 11.8 Å². The van der Waals surface area contributed by atoms with Crippen LogP contribution in [0.5, 0.6) is 17.2 Å². The van der Waals surface area contributed by atoms with Crippen LogP contribution in [0.25, 0.3) is 0 Å². The maximum Gasteiger partial charge on any atom is 0.573 e. The summed E-state index contributed by atoms with van der Waals surface area (Å²) in [5.74, 6) is 0.261. The van der Waals surface area contributed by atoms with Crippen LogP contribution in [0.15, 0.2) is 42.5 Å². The largest absolute Gasteiger partial charge is 0.573 e. The van der Waals surface area contributed by atoms with Crippen molar-refractivity contribution in [1.82, 2.24) is 4.90 Å². The van der Waals surface area contributed by atoms with Crippen LogP contribution in [0.3, 0.4) is 0 Å². The molecule has 32 heavy (non-hydrogen) atoms. The lowest BCUT2D eigenvalue weighted by molar-refractivity contribution is -0.274. The van der Waals surface area contributed by atoms with Crippen molar-refractivity contribution in [3.05, 3.63) is 48.0 Å². The highest BCUT2D eigenvalue weighted by Gasteiger charge is 2.31. The summed E-state index contributed by atoms with van der Waals surface area (Å²) in [6.07, 6.45) is -3.35. The number of nitrogens with one attached hydrogen (secondary N) is 1. The molecule has 0 unspecified atom stereocenters. The Morgan fingerprint density at radius 1 is 1.12 bits per heavy atom. The number of likely N-dealkylation sites (tertiary alicyclic amines) is 1. The minimum atomic E-state index is -4.76. The van der Waals surface area contributed by atoms with Crippen LogP contribution in [0, 0.1) is 5.92 Å². The van der Waals surface area contributed by atoms with Gasteiger partial charge in [0.2, 0.25) is 0 Å². The average molecular weight is 450 g/mol. The summed E-state index contributed by atoms with van der Waals surface area (Å²) in [5.41, 5.74) is 0.942. The summed E-state index contributed by atoms with van der Waals surface area (Å²) in [4.78, 5) is 26.1. The highest BCUT2D eigenvalue weighted by molar-refractivity contribution is 5.99. The molecule has 1 N–H and O–H groups in total. The molecule has 170 valence electrons. The number of nitrogens with zero attached hydrogens (tertiary/aromatic N) is 1. The maximum absolute atomic E-state index is 12.8. The van der Waals surface area contributed by atoms with Gasteiger partial charge >= 0.3 is 6.36 Å². The quantitative estimate of drug-likeness (QED) is 0.749. The third kappa shape index (κ3) is 5.43. The van der Waals surface area contributed by atoms with E-state index in [1.807, 2.05) is 0 Å². The molecule has 10 heteroatoms. The van der Waals surface area contributed by atoms with E-state index in [0.717, 1.165) is 0 Å². The number of anilines is 1. The van der Waals surface area contributed by atoms with Crippen LogP contribution in [-0.4, -0.2) is 49.4 Å². The van der Waals surface area contributed by atoms with Gasteiger partial charge in [0.05, 0.1) is 12.3 Å². The number of alkyl halides is 3. The molecule has 0 atom stereocenters. The number of piperidine rings is 1. The van der Waals surface area contributed by atoms with E-state index in [1.165, 1.54) is 18.2 Å². The zero-order chi connectivity index (χ0) is 22.7. The zero-order valence-electron chi connectivity index (χ0n) is 17.0. The second kappa shape index (κ2) is 8.97. The average Bonchev–Trinajstić information content (AvgIpc) is 2.76. The van der Waals surface area contributed by atoms with Crippen molar-refractivity contribution in [2.75, 3.05) is 31.6 Å². The van der Waals surface area contributed by atoms with E-state index in [4.69, 9.17) is 9.47 Å². The molecular formula is C22H21F3N2O5. The molecule has 2 aromatic rings. The molecule has 2 heterocycles. The van der Waals surface area contributed by atoms with Crippen LogP contribution >= 0.6 is 0 Å². The molecule has 2 amide bonds. The van der Waals surface area contributed by atoms with Crippen molar-refractivity contribution < 1.29 is 37.0 Å². The standard InChI is InChI=1S/C22H21F3N2O5/c23-22(24,25)32-17-3-1-2-16(11-17)30-12-14-6-8-27(9-7-14)21(29)15-4-5-19-18(10-15)26-20(28)13-31-19/h1-5,10-11,14H,6-9,12-13H2,(H,26,28). The first-order valence-electron chi connectivity index (χ1n) is 10.1. The van der Waals surface area contributed by atoms with Crippen molar-refractivity contribution in [3.63, 3.8) is 0 Å². The first-order valence-corrected chi connectivity index (χ1v) is 10.1. The van der Waals surface area contributed by atoms with Gasteiger partial charge in [0.1, 0.15) is 17.2 Å². The molecule has 0 aliphatic carbocycles. The normalized spacial score (nSPS) is 16.6. The smallest absolute Gasteiger partial charge is 0.493 e. The Bertz CT molecular complexity index is 1000. The van der Waals surface area contributed by atoms with Gasteiger partial charge in [-0.25, -0.2) is 0 Å². The number of carbonyl (C=O) groups excluding carboxylic acids is 2. The number of hydrogen-bond acceptors (Lipinski definition) is 5. The van der Waals surface area contributed by atoms with E-state index < -0.39 is 6.36 Å². The first-order chi connectivity index (χ1) is 15.3. The van der Waals surface area contributed by atoms with Gasteiger partial charge in [-0.1, -0.05) is 6.07 Å². The van der Waals surface area contributed by atoms with Crippen LogP contribution in [0.2, 0.25) is 0 Å². The third-order valence-corrected chi connectivity index (χ3v) is 5.29. The van der Waals surface area contributed by atoms with Crippen LogP contribution in [0.1, 0.15) is 23.2 Å². The van der Waals surface area contributed by atoms with Gasteiger partial charge in [-0.15, -0.1) is 13.2 Å². The lowest BCUT2D eigenvalue weighted by Crippen LogP contribution is -2.39. The van der Waals surface area contributed by atoms with E-state index in [0.29, 0.717) is 55.3 Å². The van der Waals surface area contributed by atoms with Crippen LogP contribution in [0.4, 0.5) is 18.9 Å². The van der Waals surface area contributed by atoms with E-state index in [1.54, 1.807) is 29.2 Å². The van der Waals surface area contributed by atoms with Crippen molar-refractivity contribution in [1.29, 1.82) is 0 Å². The molecule has 7 nitrogen and oxygen atoms in total. The van der Waals surface area contributed by atoms with E-state index >= 15 is 0 Å². The molecule has 0 radical (unpaired) electrons. The third-order valence-electron chi connectivity index (χ3n) is 5.29. The van der Waals surface area contributed by atoms with Gasteiger partial charge in [-0.2, -0.15) is 0 Å². The molecule has 4 rings (SSSR count). The topological polar surface area (TPSA) is 77.1 Å². The first kappa shape index (κ1) is 21.8. The molecule has 2 aromatic carbocycles. The minimum Gasteiger partial charge on any atom is -0.493 e. The molecule has 0 bridgehead atoms. The van der Waals surface area contributed by atoms with Gasteiger partial charge in [-0.05, 0) is 49.1 Å². The summed E-state index contributed by atoms with van der Waals surface area (Å²) in [6.45, 7) is 1.35. The Balaban J connectivity index is 1.28. The number of benzene rings is 2. The number of halogens is 3. The molecule has 0 aromatic heterocycles. The zero-order valence-corrected chi connectivity index (χ0v) is 17.0. The Morgan fingerprint density at radius 2 is 1.88 bits per heavy atom. The molecule has 2 aliphatic rings. The molecule has 0 spiro atoms. The summed E-state index contributed by atoms with van der Waals surface area (Å²) in [7, 11) is 0. The summed E-state index contributed by atoms with van der Waals surface area (Å²) >= 11 is 0. The molecular weight excluding hydrogens is 429 g/mol. The fourth-order valence-corrected chi connectivity index (χ4v) is 3.68. The maximum atomic E-state index is 12.8. The Hall–Kier alpha value is -3.43. The number of ether oxygens (including phenoxy) is 3. The Morgan fingerprint density at radius 3 is 2.62 bits per heavy atom. The summed E-state index contributed by atoms with van der Waals surface area (Å²) < 4.78 is 51.9. The highest BCUT2D eigenvalue weighted by Crippen LogP contribution is 2.30. The van der Waals surface area contributed by atoms with E-state index in [9.17, 15) is 22.8 Å². The SMILES string of the molecule is O=C1COc2ccc(C(=O)N3CCC(COc4cccc(OC(F)(F)F)c4)CC3)cc2N1. The minimum absolute atomic E-state index is 0.0461. The van der Waals surface area contributed by atoms with Crippen molar-refractivity contribution in [2.45, 2.75) is 19.2 Å². The van der Waals surface area contributed by atoms with Gasteiger partial charge in [-0.3, -0.25) is 9.59 Å². The lowest BCUT2D eigenvalue weighted by Gasteiger charge is -2.32. The number of amides is 2. The second-order valence-corrected chi connectivity index (χ2v) is 7.62. The summed E-state index contributed by atoms with van der Waals surface area (Å²) in [6, 6.07) is 10.4. The second-order valence-electron chi connectivity index (χ2n) is 7.62. The predicted molar refractivity (Wildman–Crippen MR) is 108 cm³/mol. The predicted octanol–water partition coefficient (Wildman–Crippen LogP) is 3.85. The van der Waals surface area contributed by atoms with Crippen molar-refractivity contribution in [3.8, 4) is 17.2 Å². The van der Waals surface area contributed by atoms with Crippen LogP contribution in [-0.2, 0) is 4.79 Å². The van der Waals surface area contributed by atoms with Gasteiger partial charge < -0.3 is 24.4 Å². The number of carbonyl (C=O) groups is 2. The fraction of sp³-hybridized carbons (Fsp3) is 0.364. The molecule has 0 saturated carbocycles. The highest BCUT2D eigenvalue weighted by atomic mass is 19.4. The van der Waals surface area contributed by atoms with Crippen molar-refractivity contribution in [2.24, 2.45) is 5.92 Å². The molecule has 2 aliphatic heterocycles. The van der Waals surface area contributed by atoms with E-state index in [-0.39, 0.29) is 30.1 Å². The van der Waals surface area contributed by atoms with E-state index in [2.05, 4.69) is 10.1 Å². The monoisotopic (exact) mass is 450 g/mol. The number of fused-ring (bicyclic) bond motifs is 1. The Kier molecular flexibility index (Phi) is 6.11. The van der Waals surface area contributed by atoms with Crippen LogP contribution < -0.4 is 19.5 Å². The molecule has 1 fully saturated rings. The lowest BCUT2D eigenvalue weighted by atomic mass is 9.97. The number of hydrogen-bond donors (Lipinski definition) is 1. The summed E-state index contributed by atoms with van der Waals surface area (Å²) in [5, 5.41) is 2.69. The number of rotatable bonds is 5. The van der Waals surface area contributed by atoms with Crippen molar-refractivity contribution >= 4 is 17.5 Å².